The fourth-order valence-corrected chi connectivity index (χ4v) is 2.00. The third kappa shape index (κ3) is 2.74. The van der Waals surface area contributed by atoms with E-state index in [0.29, 0.717) is 12.6 Å². The van der Waals surface area contributed by atoms with Gasteiger partial charge in [-0.15, -0.1) is 6.42 Å². The summed E-state index contributed by atoms with van der Waals surface area (Å²) in [4.78, 5) is 13.2. The number of piperidine rings is 1. The normalized spacial score (nSPS) is 21.7. The van der Waals surface area contributed by atoms with Crippen molar-refractivity contribution in [2.45, 2.75) is 38.1 Å². The molecule has 0 aromatic carbocycles. The molecule has 1 aliphatic heterocycles. The van der Waals surface area contributed by atoms with Gasteiger partial charge >= 0.3 is 0 Å². The zero-order valence-corrected chi connectivity index (χ0v) is 8.54. The van der Waals surface area contributed by atoms with E-state index in [4.69, 9.17) is 12.2 Å². The van der Waals surface area contributed by atoms with E-state index in [1.165, 1.54) is 6.42 Å². The number of rotatable bonds is 3. The largest absolute Gasteiger partial charge is 0.330 e. The summed E-state index contributed by atoms with van der Waals surface area (Å²) in [7, 11) is 0. The number of terminal acetylenes is 1. The number of amides is 1. The van der Waals surface area contributed by atoms with Gasteiger partial charge in [-0.25, -0.2) is 0 Å². The van der Waals surface area contributed by atoms with Crippen LogP contribution in [0.2, 0.25) is 0 Å². The Kier molecular flexibility index (Phi) is 4.48. The molecule has 3 heteroatoms. The standard InChI is InChI=1S/C11H18N2O/c1-2-11(14)13-9-4-3-6-10(13)7-5-8-12/h1,10H,3-9,12H2. The molecule has 14 heavy (non-hydrogen) atoms. The Morgan fingerprint density at radius 2 is 2.36 bits per heavy atom. The fourth-order valence-electron chi connectivity index (χ4n) is 2.00. The van der Waals surface area contributed by atoms with Crippen molar-refractivity contribution in [2.24, 2.45) is 5.73 Å². The number of hydrogen-bond donors (Lipinski definition) is 1. The summed E-state index contributed by atoms with van der Waals surface area (Å²) < 4.78 is 0. The second-order valence-electron chi connectivity index (χ2n) is 3.72. The predicted octanol–water partition coefficient (Wildman–Crippen LogP) is 0.740. The molecule has 0 bridgehead atoms. The van der Waals surface area contributed by atoms with Gasteiger partial charge in [0.25, 0.3) is 5.91 Å². The summed E-state index contributed by atoms with van der Waals surface area (Å²) in [5.41, 5.74) is 5.46. The molecule has 1 rings (SSSR count). The Balaban J connectivity index is 2.51. The van der Waals surface area contributed by atoms with Gasteiger partial charge in [0, 0.05) is 12.6 Å². The van der Waals surface area contributed by atoms with Crippen LogP contribution in [0.3, 0.4) is 0 Å². The van der Waals surface area contributed by atoms with Crippen molar-refractivity contribution >= 4 is 5.91 Å². The maximum atomic E-state index is 11.4. The van der Waals surface area contributed by atoms with Gasteiger partial charge in [-0.1, -0.05) is 0 Å². The van der Waals surface area contributed by atoms with E-state index in [9.17, 15) is 4.79 Å². The quantitative estimate of drug-likeness (QED) is 0.674. The van der Waals surface area contributed by atoms with E-state index in [1.807, 2.05) is 4.90 Å². The average Bonchev–Trinajstić information content (AvgIpc) is 2.25. The van der Waals surface area contributed by atoms with Crippen LogP contribution in [0.15, 0.2) is 0 Å². The molecule has 2 N–H and O–H groups in total. The van der Waals surface area contributed by atoms with Gasteiger partial charge in [0.1, 0.15) is 0 Å². The lowest BCUT2D eigenvalue weighted by Gasteiger charge is -2.34. The van der Waals surface area contributed by atoms with Crippen LogP contribution >= 0.6 is 0 Å². The predicted molar refractivity (Wildman–Crippen MR) is 56.5 cm³/mol. The third-order valence-electron chi connectivity index (χ3n) is 2.75. The fraction of sp³-hybridized carbons (Fsp3) is 0.727. The van der Waals surface area contributed by atoms with Crippen LogP contribution in [-0.4, -0.2) is 29.9 Å². The summed E-state index contributed by atoms with van der Waals surface area (Å²) in [5.74, 6) is 2.04. The first kappa shape index (κ1) is 11.1. The van der Waals surface area contributed by atoms with Crippen LogP contribution < -0.4 is 5.73 Å². The number of nitrogens with two attached hydrogens (primary N) is 1. The minimum absolute atomic E-state index is 0.160. The molecule has 1 atom stereocenters. The molecular formula is C11H18N2O. The molecule has 78 valence electrons. The molecule has 1 heterocycles. The molecular weight excluding hydrogens is 176 g/mol. The lowest BCUT2D eigenvalue weighted by Crippen LogP contribution is -2.43. The van der Waals surface area contributed by atoms with E-state index >= 15 is 0 Å². The summed E-state index contributed by atoms with van der Waals surface area (Å²) in [6.45, 7) is 1.51. The van der Waals surface area contributed by atoms with E-state index in [-0.39, 0.29) is 5.91 Å². The molecule has 0 spiro atoms. The summed E-state index contributed by atoms with van der Waals surface area (Å²) in [5, 5.41) is 0. The number of hydrogen-bond acceptors (Lipinski definition) is 2. The Morgan fingerprint density at radius 1 is 1.57 bits per heavy atom. The van der Waals surface area contributed by atoms with Gasteiger partial charge in [0.05, 0.1) is 0 Å². The molecule has 0 aromatic rings. The highest BCUT2D eigenvalue weighted by molar-refractivity contribution is 5.93. The molecule has 1 saturated heterocycles. The Labute approximate surface area is 85.6 Å². The van der Waals surface area contributed by atoms with E-state index in [2.05, 4.69) is 5.92 Å². The van der Waals surface area contributed by atoms with Crippen molar-refractivity contribution in [1.29, 1.82) is 0 Å². The number of likely N-dealkylation sites (tertiary alicyclic amines) is 1. The van der Waals surface area contributed by atoms with Crippen LogP contribution in [0.25, 0.3) is 0 Å². The van der Waals surface area contributed by atoms with Crippen molar-refractivity contribution in [3.63, 3.8) is 0 Å². The second kappa shape index (κ2) is 5.66. The second-order valence-corrected chi connectivity index (χ2v) is 3.72. The maximum Gasteiger partial charge on any atom is 0.298 e. The van der Waals surface area contributed by atoms with Gasteiger partial charge in [-0.3, -0.25) is 4.79 Å². The maximum absolute atomic E-state index is 11.4. The molecule has 1 aliphatic rings. The van der Waals surface area contributed by atoms with E-state index in [0.717, 1.165) is 32.2 Å². The Bertz CT molecular complexity index is 232. The highest BCUT2D eigenvalue weighted by Gasteiger charge is 2.24. The first-order valence-electron chi connectivity index (χ1n) is 5.27. The van der Waals surface area contributed by atoms with Gasteiger partial charge in [0.15, 0.2) is 0 Å². The summed E-state index contributed by atoms with van der Waals surface area (Å²) >= 11 is 0. The van der Waals surface area contributed by atoms with Crippen molar-refractivity contribution in [2.75, 3.05) is 13.1 Å². The van der Waals surface area contributed by atoms with Crippen LogP contribution in [0.5, 0.6) is 0 Å². The van der Waals surface area contributed by atoms with Crippen molar-refractivity contribution in [1.82, 2.24) is 4.90 Å². The number of carbonyl (C=O) groups is 1. The van der Waals surface area contributed by atoms with Crippen LogP contribution in [0.1, 0.15) is 32.1 Å². The molecule has 0 saturated carbocycles. The molecule has 0 radical (unpaired) electrons. The lowest BCUT2D eigenvalue weighted by atomic mass is 9.98. The zero-order chi connectivity index (χ0) is 10.4. The average molecular weight is 194 g/mol. The highest BCUT2D eigenvalue weighted by atomic mass is 16.2. The summed E-state index contributed by atoms with van der Waals surface area (Å²) in [6.07, 6.45) is 10.4. The van der Waals surface area contributed by atoms with E-state index < -0.39 is 0 Å². The summed E-state index contributed by atoms with van der Waals surface area (Å²) in [6, 6.07) is 0.329. The number of carbonyl (C=O) groups excluding carboxylic acids is 1. The van der Waals surface area contributed by atoms with Crippen molar-refractivity contribution < 1.29 is 4.79 Å². The molecule has 1 amide bonds. The Hall–Kier alpha value is -1.01. The van der Waals surface area contributed by atoms with Crippen molar-refractivity contribution in [3.8, 4) is 12.3 Å². The monoisotopic (exact) mass is 194 g/mol. The SMILES string of the molecule is C#CC(=O)N1CCCCC1CCCN. The van der Waals surface area contributed by atoms with Gasteiger partial charge in [-0.2, -0.15) is 0 Å². The molecule has 0 aliphatic carbocycles. The molecule has 0 aromatic heterocycles. The van der Waals surface area contributed by atoms with Gasteiger partial charge < -0.3 is 10.6 Å². The molecule has 1 unspecified atom stereocenters. The van der Waals surface area contributed by atoms with Gasteiger partial charge in [-0.05, 0) is 44.6 Å². The van der Waals surface area contributed by atoms with Crippen LogP contribution in [0, 0.1) is 12.3 Å². The first-order valence-corrected chi connectivity index (χ1v) is 5.27. The minimum Gasteiger partial charge on any atom is -0.330 e. The minimum atomic E-state index is -0.160. The first-order chi connectivity index (χ1) is 6.79. The molecule has 3 nitrogen and oxygen atoms in total. The lowest BCUT2D eigenvalue weighted by molar-refractivity contribution is -0.128. The Morgan fingerprint density at radius 3 is 3.00 bits per heavy atom. The van der Waals surface area contributed by atoms with Crippen molar-refractivity contribution in [3.05, 3.63) is 0 Å². The molecule has 1 fully saturated rings. The topological polar surface area (TPSA) is 46.3 Å². The third-order valence-corrected chi connectivity index (χ3v) is 2.75. The van der Waals surface area contributed by atoms with E-state index in [1.54, 1.807) is 0 Å². The zero-order valence-electron chi connectivity index (χ0n) is 8.54. The number of nitrogens with zero attached hydrogens (tertiary/aromatic N) is 1. The van der Waals surface area contributed by atoms with Crippen LogP contribution in [0.4, 0.5) is 0 Å². The van der Waals surface area contributed by atoms with Crippen LogP contribution in [-0.2, 0) is 4.79 Å². The smallest absolute Gasteiger partial charge is 0.298 e. The van der Waals surface area contributed by atoms with Gasteiger partial charge in [0.2, 0.25) is 0 Å². The highest BCUT2D eigenvalue weighted by Crippen LogP contribution is 2.20.